The van der Waals surface area contributed by atoms with Gasteiger partial charge in [0.25, 0.3) is 5.91 Å². The van der Waals surface area contributed by atoms with Gasteiger partial charge in [-0.1, -0.05) is 78.3 Å². The van der Waals surface area contributed by atoms with Gasteiger partial charge >= 0.3 is 0 Å². The molecule has 2 nitrogen and oxygen atoms in total. The molecule has 5 rings (SSSR count). The molecule has 0 spiro atoms. The Balaban J connectivity index is 1.56. The summed E-state index contributed by atoms with van der Waals surface area (Å²) in [6.45, 7) is 0. The lowest BCUT2D eigenvalue weighted by Gasteiger charge is -2.05. The smallest absolute Gasteiger partial charge is 0.267 e. The number of carbonyl (C=O) groups is 1. The van der Waals surface area contributed by atoms with Crippen molar-refractivity contribution < 1.29 is 4.79 Å². The minimum Gasteiger partial charge on any atom is -0.321 e. The summed E-state index contributed by atoms with van der Waals surface area (Å²) < 4.78 is 1.04. The van der Waals surface area contributed by atoms with E-state index in [2.05, 4.69) is 23.5 Å². The zero-order chi connectivity index (χ0) is 18.4. The van der Waals surface area contributed by atoms with Gasteiger partial charge in [-0.05, 0) is 33.7 Å². The van der Waals surface area contributed by atoms with Gasteiger partial charge < -0.3 is 5.32 Å². The van der Waals surface area contributed by atoms with Crippen molar-refractivity contribution in [2.24, 2.45) is 0 Å². The number of nitrogens with one attached hydrogen (secondary N) is 1. The number of thiophene rings is 1. The molecule has 5 aromatic rings. The molecule has 0 unspecified atom stereocenters. The Kier molecular flexibility index (Phi) is 3.85. The Bertz CT molecular complexity index is 1340. The van der Waals surface area contributed by atoms with Crippen molar-refractivity contribution in [1.29, 1.82) is 0 Å². The molecular formula is C23H14ClNOS. The van der Waals surface area contributed by atoms with Gasteiger partial charge in [0.15, 0.2) is 0 Å². The first kappa shape index (κ1) is 16.3. The van der Waals surface area contributed by atoms with E-state index >= 15 is 0 Å². The molecule has 4 aromatic carbocycles. The molecule has 0 aliphatic carbocycles. The first-order valence-corrected chi connectivity index (χ1v) is 9.80. The van der Waals surface area contributed by atoms with E-state index in [9.17, 15) is 4.79 Å². The van der Waals surface area contributed by atoms with Gasteiger partial charge in [0.05, 0.1) is 5.02 Å². The number of fused-ring (bicyclic) bond motifs is 4. The van der Waals surface area contributed by atoms with Crippen molar-refractivity contribution in [3.05, 3.63) is 88.8 Å². The molecule has 0 bridgehead atoms. The lowest BCUT2D eigenvalue weighted by Crippen LogP contribution is -2.10. The van der Waals surface area contributed by atoms with Crippen LogP contribution in [0.5, 0.6) is 0 Å². The minimum absolute atomic E-state index is 0.180. The molecule has 4 heteroatoms. The monoisotopic (exact) mass is 387 g/mol. The normalized spacial score (nSPS) is 11.3. The summed E-state index contributed by atoms with van der Waals surface area (Å²) in [5.74, 6) is -0.180. The van der Waals surface area contributed by atoms with Gasteiger partial charge in [-0.2, -0.15) is 0 Å². The Morgan fingerprint density at radius 2 is 1.48 bits per heavy atom. The molecule has 0 aliphatic heterocycles. The van der Waals surface area contributed by atoms with Gasteiger partial charge in [0.1, 0.15) is 4.88 Å². The fourth-order valence-electron chi connectivity index (χ4n) is 3.40. The third-order valence-electron chi connectivity index (χ3n) is 4.73. The summed E-state index contributed by atoms with van der Waals surface area (Å²) in [5, 5.41) is 8.91. The maximum atomic E-state index is 12.9. The van der Waals surface area contributed by atoms with Crippen molar-refractivity contribution in [3.8, 4) is 0 Å². The summed E-state index contributed by atoms with van der Waals surface area (Å²) in [6.07, 6.45) is 0. The summed E-state index contributed by atoms with van der Waals surface area (Å²) >= 11 is 8.00. The highest BCUT2D eigenvalue weighted by Crippen LogP contribution is 2.39. The molecule has 0 aliphatic rings. The summed E-state index contributed by atoms with van der Waals surface area (Å²) in [4.78, 5) is 13.4. The summed E-state index contributed by atoms with van der Waals surface area (Å²) in [6, 6.07) is 26.1. The Hall–Kier alpha value is -2.88. The molecule has 0 saturated carbocycles. The zero-order valence-corrected chi connectivity index (χ0v) is 15.8. The van der Waals surface area contributed by atoms with E-state index in [1.165, 1.54) is 11.3 Å². The molecule has 1 aromatic heterocycles. The maximum Gasteiger partial charge on any atom is 0.267 e. The molecule has 130 valence electrons. The second-order valence-corrected chi connectivity index (χ2v) is 7.82. The number of rotatable bonds is 2. The van der Waals surface area contributed by atoms with Crippen molar-refractivity contribution >= 4 is 66.2 Å². The van der Waals surface area contributed by atoms with Crippen LogP contribution >= 0.6 is 22.9 Å². The van der Waals surface area contributed by atoms with E-state index in [1.807, 2.05) is 60.7 Å². The van der Waals surface area contributed by atoms with Crippen molar-refractivity contribution in [2.75, 3.05) is 5.32 Å². The molecule has 27 heavy (non-hydrogen) atoms. The average molecular weight is 388 g/mol. The van der Waals surface area contributed by atoms with Crippen LogP contribution in [0.4, 0.5) is 5.69 Å². The third kappa shape index (κ3) is 2.76. The Morgan fingerprint density at radius 3 is 2.33 bits per heavy atom. The van der Waals surface area contributed by atoms with E-state index < -0.39 is 0 Å². The molecule has 0 atom stereocenters. The first-order valence-electron chi connectivity index (χ1n) is 8.60. The number of halogens is 1. The number of amides is 1. The lowest BCUT2D eigenvalue weighted by atomic mass is 10.1. The van der Waals surface area contributed by atoms with Crippen LogP contribution in [-0.2, 0) is 0 Å². The van der Waals surface area contributed by atoms with Crippen LogP contribution in [0.1, 0.15) is 9.67 Å². The number of hydrogen-bond acceptors (Lipinski definition) is 2. The van der Waals surface area contributed by atoms with Crippen LogP contribution in [-0.4, -0.2) is 5.91 Å². The van der Waals surface area contributed by atoms with E-state index in [4.69, 9.17) is 11.6 Å². The number of benzene rings is 4. The molecule has 1 amide bonds. The quantitative estimate of drug-likeness (QED) is 0.343. The van der Waals surface area contributed by atoms with Crippen molar-refractivity contribution in [1.82, 2.24) is 0 Å². The predicted octanol–water partition coefficient (Wildman–Crippen LogP) is 7.11. The molecule has 0 radical (unpaired) electrons. The van der Waals surface area contributed by atoms with Crippen molar-refractivity contribution in [2.45, 2.75) is 0 Å². The second-order valence-electron chi connectivity index (χ2n) is 6.42. The molecule has 0 saturated heterocycles. The molecule has 1 N–H and O–H groups in total. The second kappa shape index (κ2) is 6.38. The maximum absolute atomic E-state index is 12.9. The van der Waals surface area contributed by atoms with E-state index in [-0.39, 0.29) is 5.91 Å². The standard InChI is InChI=1S/C23H14ClNOS/c24-20-19-12-10-15-6-3-4-8-18(15)21(19)27-22(20)23(26)25-17-11-9-14-5-1-2-7-16(14)13-17/h1-13H,(H,25,26). The SMILES string of the molecule is O=C(Nc1ccc2ccccc2c1)c1sc2c(ccc3ccccc32)c1Cl. The van der Waals surface area contributed by atoms with Gasteiger partial charge in [0.2, 0.25) is 0 Å². The van der Waals surface area contributed by atoms with Crippen LogP contribution in [0.25, 0.3) is 31.6 Å². The number of carbonyl (C=O) groups excluding carboxylic acids is 1. The largest absolute Gasteiger partial charge is 0.321 e. The number of anilines is 1. The van der Waals surface area contributed by atoms with Crippen LogP contribution in [0, 0.1) is 0 Å². The predicted molar refractivity (Wildman–Crippen MR) is 116 cm³/mol. The fourth-order valence-corrected chi connectivity index (χ4v) is 4.93. The van der Waals surface area contributed by atoms with Gasteiger partial charge in [0, 0.05) is 15.8 Å². The summed E-state index contributed by atoms with van der Waals surface area (Å²) in [7, 11) is 0. The van der Waals surface area contributed by atoms with Gasteiger partial charge in [-0.15, -0.1) is 11.3 Å². The van der Waals surface area contributed by atoms with Crippen LogP contribution < -0.4 is 5.32 Å². The van der Waals surface area contributed by atoms with Crippen LogP contribution in [0.15, 0.2) is 78.9 Å². The van der Waals surface area contributed by atoms with E-state index in [1.54, 1.807) is 0 Å². The van der Waals surface area contributed by atoms with Crippen LogP contribution in [0.3, 0.4) is 0 Å². The van der Waals surface area contributed by atoms with Gasteiger partial charge in [-0.3, -0.25) is 4.79 Å². The molecular weight excluding hydrogens is 374 g/mol. The highest BCUT2D eigenvalue weighted by molar-refractivity contribution is 7.22. The minimum atomic E-state index is -0.180. The average Bonchev–Trinajstić information content (AvgIpc) is 3.05. The fraction of sp³-hybridized carbons (Fsp3) is 0. The van der Waals surface area contributed by atoms with Gasteiger partial charge in [-0.25, -0.2) is 0 Å². The van der Waals surface area contributed by atoms with E-state index in [0.29, 0.717) is 9.90 Å². The summed E-state index contributed by atoms with van der Waals surface area (Å²) in [5.41, 5.74) is 0.761. The molecule has 1 heterocycles. The highest BCUT2D eigenvalue weighted by Gasteiger charge is 2.18. The van der Waals surface area contributed by atoms with Crippen LogP contribution in [0.2, 0.25) is 5.02 Å². The first-order chi connectivity index (χ1) is 13.2. The highest BCUT2D eigenvalue weighted by atomic mass is 35.5. The topological polar surface area (TPSA) is 29.1 Å². The lowest BCUT2D eigenvalue weighted by molar-refractivity contribution is 0.103. The van der Waals surface area contributed by atoms with E-state index in [0.717, 1.165) is 37.3 Å². The Morgan fingerprint density at radius 1 is 0.778 bits per heavy atom. The Labute approximate surface area is 165 Å². The third-order valence-corrected chi connectivity index (χ3v) is 6.48. The number of hydrogen-bond donors (Lipinski definition) is 1. The van der Waals surface area contributed by atoms with Crippen molar-refractivity contribution in [3.63, 3.8) is 0 Å². The zero-order valence-electron chi connectivity index (χ0n) is 14.2. The molecule has 0 fully saturated rings.